The SMILES string of the molecule is O=C(NC1CCN(CC(=O)c2c[nH]c3ccccc23)CC1)c1ccc(Cl)cc1. The summed E-state index contributed by atoms with van der Waals surface area (Å²) in [5.41, 5.74) is 2.34. The molecule has 2 aromatic carbocycles. The Morgan fingerprint density at radius 2 is 1.79 bits per heavy atom. The number of nitrogens with one attached hydrogen (secondary N) is 2. The molecule has 0 spiro atoms. The van der Waals surface area contributed by atoms with Crippen LogP contribution in [0.5, 0.6) is 0 Å². The highest BCUT2D eigenvalue weighted by atomic mass is 35.5. The second-order valence-corrected chi connectivity index (χ2v) is 7.64. The van der Waals surface area contributed by atoms with Gasteiger partial charge in [-0.05, 0) is 43.2 Å². The molecule has 1 aliphatic rings. The van der Waals surface area contributed by atoms with Crippen molar-refractivity contribution in [2.45, 2.75) is 18.9 Å². The lowest BCUT2D eigenvalue weighted by Crippen LogP contribution is -2.45. The van der Waals surface area contributed by atoms with E-state index in [4.69, 9.17) is 11.6 Å². The van der Waals surface area contributed by atoms with Crippen LogP contribution < -0.4 is 5.32 Å². The standard InChI is InChI=1S/C22H22ClN3O2/c23-16-7-5-15(6-8-16)22(28)25-17-9-11-26(12-10-17)14-21(27)19-13-24-20-4-2-1-3-18(19)20/h1-8,13,17,24H,9-12,14H2,(H,25,28). The van der Waals surface area contributed by atoms with Crippen molar-refractivity contribution < 1.29 is 9.59 Å². The summed E-state index contributed by atoms with van der Waals surface area (Å²) in [7, 11) is 0. The average molecular weight is 396 g/mol. The highest BCUT2D eigenvalue weighted by Gasteiger charge is 2.23. The molecule has 144 valence electrons. The number of piperidine rings is 1. The highest BCUT2D eigenvalue weighted by Crippen LogP contribution is 2.19. The molecule has 4 rings (SSSR count). The number of hydrogen-bond donors (Lipinski definition) is 2. The summed E-state index contributed by atoms with van der Waals surface area (Å²) >= 11 is 5.87. The van der Waals surface area contributed by atoms with E-state index in [-0.39, 0.29) is 17.7 Å². The molecule has 2 heterocycles. The number of aromatic nitrogens is 1. The lowest BCUT2D eigenvalue weighted by Gasteiger charge is -2.31. The number of ketones is 1. The Kier molecular flexibility index (Phi) is 5.46. The Morgan fingerprint density at radius 1 is 1.07 bits per heavy atom. The third-order valence-electron chi connectivity index (χ3n) is 5.29. The van der Waals surface area contributed by atoms with Crippen molar-refractivity contribution in [3.8, 4) is 0 Å². The summed E-state index contributed by atoms with van der Waals surface area (Å²) in [4.78, 5) is 30.4. The molecule has 1 aliphatic heterocycles. The number of rotatable bonds is 5. The van der Waals surface area contributed by atoms with Crippen molar-refractivity contribution in [3.63, 3.8) is 0 Å². The molecule has 0 radical (unpaired) electrons. The van der Waals surface area contributed by atoms with E-state index < -0.39 is 0 Å². The van der Waals surface area contributed by atoms with E-state index >= 15 is 0 Å². The number of para-hydroxylation sites is 1. The molecule has 28 heavy (non-hydrogen) atoms. The van der Waals surface area contributed by atoms with E-state index in [2.05, 4.69) is 15.2 Å². The maximum Gasteiger partial charge on any atom is 0.251 e. The minimum atomic E-state index is -0.0787. The molecule has 1 fully saturated rings. The van der Waals surface area contributed by atoms with Crippen LogP contribution >= 0.6 is 11.6 Å². The second kappa shape index (κ2) is 8.17. The van der Waals surface area contributed by atoms with Crippen LogP contribution in [0, 0.1) is 0 Å². The van der Waals surface area contributed by atoms with Crippen molar-refractivity contribution in [2.24, 2.45) is 0 Å². The molecular weight excluding hydrogens is 374 g/mol. The first-order valence-corrected chi connectivity index (χ1v) is 9.86. The van der Waals surface area contributed by atoms with Crippen molar-refractivity contribution >= 4 is 34.2 Å². The number of benzene rings is 2. The Bertz CT molecular complexity index is 988. The second-order valence-electron chi connectivity index (χ2n) is 7.20. The van der Waals surface area contributed by atoms with Gasteiger partial charge in [0.1, 0.15) is 0 Å². The zero-order valence-corrected chi connectivity index (χ0v) is 16.2. The van der Waals surface area contributed by atoms with Crippen LogP contribution in [0.2, 0.25) is 5.02 Å². The molecule has 1 saturated heterocycles. The number of fused-ring (bicyclic) bond motifs is 1. The topological polar surface area (TPSA) is 65.2 Å². The number of aromatic amines is 1. The monoisotopic (exact) mass is 395 g/mol. The number of hydrogen-bond acceptors (Lipinski definition) is 3. The third kappa shape index (κ3) is 4.11. The molecule has 0 bridgehead atoms. The number of nitrogens with zero attached hydrogens (tertiary/aromatic N) is 1. The van der Waals surface area contributed by atoms with Gasteiger partial charge >= 0.3 is 0 Å². The third-order valence-corrected chi connectivity index (χ3v) is 5.54. The first kappa shape index (κ1) is 18.7. The minimum Gasteiger partial charge on any atom is -0.360 e. The average Bonchev–Trinajstić information content (AvgIpc) is 3.14. The van der Waals surface area contributed by atoms with Crippen LogP contribution in [-0.2, 0) is 0 Å². The van der Waals surface area contributed by atoms with Gasteiger partial charge in [-0.3, -0.25) is 14.5 Å². The van der Waals surface area contributed by atoms with Crippen molar-refractivity contribution in [2.75, 3.05) is 19.6 Å². The van der Waals surface area contributed by atoms with Gasteiger partial charge in [0, 0.05) is 52.4 Å². The molecule has 0 unspecified atom stereocenters. The molecule has 6 heteroatoms. The number of carbonyl (C=O) groups is 2. The fourth-order valence-corrected chi connectivity index (χ4v) is 3.82. The number of H-pyrrole nitrogens is 1. The normalized spacial score (nSPS) is 15.6. The van der Waals surface area contributed by atoms with E-state index in [1.807, 2.05) is 24.3 Å². The molecular formula is C22H22ClN3O2. The smallest absolute Gasteiger partial charge is 0.251 e. The number of carbonyl (C=O) groups excluding carboxylic acids is 2. The molecule has 3 aromatic rings. The largest absolute Gasteiger partial charge is 0.360 e. The maximum absolute atomic E-state index is 12.7. The quantitative estimate of drug-likeness (QED) is 0.644. The number of amides is 1. The predicted molar refractivity (Wildman–Crippen MR) is 111 cm³/mol. The summed E-state index contributed by atoms with van der Waals surface area (Å²) in [6, 6.07) is 14.9. The number of halogens is 1. The lowest BCUT2D eigenvalue weighted by molar-refractivity contribution is 0.0860. The maximum atomic E-state index is 12.7. The van der Waals surface area contributed by atoms with E-state index in [0.29, 0.717) is 17.1 Å². The Balaban J connectivity index is 1.30. The van der Waals surface area contributed by atoms with E-state index in [0.717, 1.165) is 42.4 Å². The van der Waals surface area contributed by atoms with Gasteiger partial charge in [0.25, 0.3) is 5.91 Å². The van der Waals surface area contributed by atoms with Crippen molar-refractivity contribution in [1.82, 2.24) is 15.2 Å². The Morgan fingerprint density at radius 3 is 2.54 bits per heavy atom. The molecule has 1 amide bonds. The highest BCUT2D eigenvalue weighted by molar-refractivity contribution is 6.30. The molecule has 0 aliphatic carbocycles. The van der Waals surface area contributed by atoms with Crippen molar-refractivity contribution in [3.05, 3.63) is 70.9 Å². The van der Waals surface area contributed by atoms with Crippen LogP contribution in [0.1, 0.15) is 33.6 Å². The van der Waals surface area contributed by atoms with Crippen LogP contribution in [0.15, 0.2) is 54.7 Å². The van der Waals surface area contributed by atoms with Crippen LogP contribution in [0.25, 0.3) is 10.9 Å². The lowest BCUT2D eigenvalue weighted by atomic mass is 10.0. The van der Waals surface area contributed by atoms with Gasteiger partial charge in [-0.25, -0.2) is 0 Å². The summed E-state index contributed by atoms with van der Waals surface area (Å²) in [5, 5.41) is 4.67. The van der Waals surface area contributed by atoms with Crippen LogP contribution in [-0.4, -0.2) is 47.3 Å². The van der Waals surface area contributed by atoms with Crippen LogP contribution in [0.3, 0.4) is 0 Å². The summed E-state index contributed by atoms with van der Waals surface area (Å²) in [5.74, 6) is 0.0473. The van der Waals surface area contributed by atoms with E-state index in [9.17, 15) is 9.59 Å². The molecule has 2 N–H and O–H groups in total. The van der Waals surface area contributed by atoms with Gasteiger partial charge in [-0.15, -0.1) is 0 Å². The summed E-state index contributed by atoms with van der Waals surface area (Å²) < 4.78 is 0. The zero-order chi connectivity index (χ0) is 19.5. The molecule has 0 atom stereocenters. The van der Waals surface area contributed by atoms with Crippen molar-refractivity contribution in [1.29, 1.82) is 0 Å². The van der Waals surface area contributed by atoms with Gasteiger partial charge in [0.2, 0.25) is 0 Å². The van der Waals surface area contributed by atoms with Gasteiger partial charge in [-0.1, -0.05) is 29.8 Å². The first-order valence-electron chi connectivity index (χ1n) is 9.48. The fourth-order valence-electron chi connectivity index (χ4n) is 3.70. The summed E-state index contributed by atoms with van der Waals surface area (Å²) in [6.07, 6.45) is 3.47. The van der Waals surface area contributed by atoms with E-state index in [1.54, 1.807) is 30.5 Å². The molecule has 5 nitrogen and oxygen atoms in total. The molecule has 1 aromatic heterocycles. The Labute approximate surface area is 168 Å². The van der Waals surface area contributed by atoms with Gasteiger partial charge in [0.15, 0.2) is 5.78 Å². The summed E-state index contributed by atoms with van der Waals surface area (Å²) in [6.45, 7) is 1.99. The zero-order valence-electron chi connectivity index (χ0n) is 15.5. The number of Topliss-reactive ketones (excluding diaryl/α,β-unsaturated/α-hetero) is 1. The van der Waals surface area contributed by atoms with E-state index in [1.165, 1.54) is 0 Å². The first-order chi connectivity index (χ1) is 13.6. The molecule has 0 saturated carbocycles. The Hall–Kier alpha value is -2.63. The predicted octanol–water partition coefficient (Wildman–Crippen LogP) is 3.90. The fraction of sp³-hybridized carbons (Fsp3) is 0.273. The number of likely N-dealkylation sites (tertiary alicyclic amines) is 1. The van der Waals surface area contributed by atoms with Crippen LogP contribution in [0.4, 0.5) is 0 Å². The van der Waals surface area contributed by atoms with Gasteiger partial charge in [0.05, 0.1) is 6.54 Å². The minimum absolute atomic E-state index is 0.0787. The van der Waals surface area contributed by atoms with Gasteiger partial charge in [-0.2, -0.15) is 0 Å². The van der Waals surface area contributed by atoms with Gasteiger partial charge < -0.3 is 10.3 Å².